The molecule has 0 aromatic heterocycles. The third kappa shape index (κ3) is 3.93. The molecule has 0 saturated carbocycles. The van der Waals surface area contributed by atoms with Crippen molar-refractivity contribution in [2.24, 2.45) is 5.92 Å². The average molecular weight is 270 g/mol. The zero-order chi connectivity index (χ0) is 14.4. The first-order valence-corrected chi connectivity index (χ1v) is 7.15. The van der Waals surface area contributed by atoms with E-state index in [0.29, 0.717) is 6.54 Å². The molecule has 0 bridgehead atoms. The van der Waals surface area contributed by atoms with Gasteiger partial charge in [-0.15, -0.1) is 0 Å². The van der Waals surface area contributed by atoms with Gasteiger partial charge < -0.3 is 9.64 Å². The van der Waals surface area contributed by atoms with Crippen molar-refractivity contribution >= 4 is 11.9 Å². The van der Waals surface area contributed by atoms with Crippen LogP contribution in [0.4, 0.5) is 0 Å². The lowest BCUT2D eigenvalue weighted by atomic mass is 9.97. The molecule has 1 amide bonds. The van der Waals surface area contributed by atoms with Crippen LogP contribution in [0.25, 0.3) is 0 Å². The number of nitrogens with zero attached hydrogens (tertiary/aromatic N) is 2. The smallest absolute Gasteiger partial charge is 0.309 e. The van der Waals surface area contributed by atoms with Crippen molar-refractivity contribution in [3.8, 4) is 0 Å². The third-order valence-electron chi connectivity index (χ3n) is 3.97. The van der Waals surface area contributed by atoms with Crippen molar-refractivity contribution < 1.29 is 14.3 Å². The van der Waals surface area contributed by atoms with Crippen molar-refractivity contribution in [1.29, 1.82) is 0 Å². The summed E-state index contributed by atoms with van der Waals surface area (Å²) in [6.07, 6.45) is 1.80. The summed E-state index contributed by atoms with van der Waals surface area (Å²) < 4.78 is 4.81. The van der Waals surface area contributed by atoms with E-state index in [0.717, 1.165) is 32.5 Å². The second-order valence-electron chi connectivity index (χ2n) is 5.04. The van der Waals surface area contributed by atoms with E-state index in [1.165, 1.54) is 7.11 Å². The van der Waals surface area contributed by atoms with Gasteiger partial charge in [0, 0.05) is 19.6 Å². The van der Waals surface area contributed by atoms with Crippen LogP contribution in [0.3, 0.4) is 0 Å². The molecule has 19 heavy (non-hydrogen) atoms. The maximum atomic E-state index is 12.3. The number of amides is 1. The first-order valence-electron chi connectivity index (χ1n) is 7.15. The first kappa shape index (κ1) is 16.0. The van der Waals surface area contributed by atoms with Crippen LogP contribution >= 0.6 is 0 Å². The molecule has 5 heteroatoms. The summed E-state index contributed by atoms with van der Waals surface area (Å²) in [4.78, 5) is 27.9. The van der Waals surface area contributed by atoms with Crippen molar-refractivity contribution in [2.45, 2.75) is 39.7 Å². The summed E-state index contributed by atoms with van der Waals surface area (Å²) in [5.41, 5.74) is 0. The summed E-state index contributed by atoms with van der Waals surface area (Å²) in [6, 6.07) is -0.160. The Labute approximate surface area is 115 Å². The summed E-state index contributed by atoms with van der Waals surface area (Å²) in [6.45, 7) is 8.87. The van der Waals surface area contributed by atoms with Gasteiger partial charge in [-0.05, 0) is 40.2 Å². The van der Waals surface area contributed by atoms with Crippen LogP contribution in [0.5, 0.6) is 0 Å². The van der Waals surface area contributed by atoms with E-state index in [1.807, 2.05) is 25.7 Å². The van der Waals surface area contributed by atoms with E-state index < -0.39 is 0 Å². The number of likely N-dealkylation sites (tertiary alicyclic amines) is 1. The number of piperidine rings is 1. The van der Waals surface area contributed by atoms with Gasteiger partial charge >= 0.3 is 5.97 Å². The van der Waals surface area contributed by atoms with Gasteiger partial charge in [-0.1, -0.05) is 0 Å². The van der Waals surface area contributed by atoms with E-state index >= 15 is 0 Å². The monoisotopic (exact) mass is 270 g/mol. The van der Waals surface area contributed by atoms with Gasteiger partial charge in [0.25, 0.3) is 0 Å². The van der Waals surface area contributed by atoms with Gasteiger partial charge in [0.15, 0.2) is 0 Å². The molecule has 1 saturated heterocycles. The standard InChI is InChI=1S/C14H26N2O3/c1-5-15(6-2)13(17)11(3)16-9-7-8-12(10-16)14(18)19-4/h11-12H,5-10H2,1-4H3/t11?,12-/m0/s1. The number of hydrogen-bond acceptors (Lipinski definition) is 4. The van der Waals surface area contributed by atoms with Gasteiger partial charge in [-0.2, -0.15) is 0 Å². The normalized spacial score (nSPS) is 21.8. The fraction of sp³-hybridized carbons (Fsp3) is 0.857. The van der Waals surface area contributed by atoms with Gasteiger partial charge in [-0.3, -0.25) is 14.5 Å². The molecule has 110 valence electrons. The largest absolute Gasteiger partial charge is 0.469 e. The lowest BCUT2D eigenvalue weighted by Gasteiger charge is -2.36. The molecule has 0 spiro atoms. The molecular weight excluding hydrogens is 244 g/mol. The maximum Gasteiger partial charge on any atom is 0.309 e. The Morgan fingerprint density at radius 3 is 2.53 bits per heavy atom. The van der Waals surface area contributed by atoms with Gasteiger partial charge in [0.1, 0.15) is 0 Å². The first-order chi connectivity index (χ1) is 9.04. The molecule has 2 atom stereocenters. The summed E-state index contributed by atoms with van der Waals surface area (Å²) in [5.74, 6) is -0.103. The summed E-state index contributed by atoms with van der Waals surface area (Å²) in [7, 11) is 1.42. The average Bonchev–Trinajstić information content (AvgIpc) is 2.46. The Kier molecular flexibility index (Phi) is 6.28. The van der Waals surface area contributed by atoms with Crippen molar-refractivity contribution in [2.75, 3.05) is 33.3 Å². The highest BCUT2D eigenvalue weighted by Crippen LogP contribution is 2.20. The molecule has 0 aromatic rings. The van der Waals surface area contributed by atoms with Crippen LogP contribution in [0.2, 0.25) is 0 Å². The second-order valence-corrected chi connectivity index (χ2v) is 5.04. The quantitative estimate of drug-likeness (QED) is 0.703. The highest BCUT2D eigenvalue weighted by molar-refractivity contribution is 5.81. The topological polar surface area (TPSA) is 49.9 Å². The molecule has 1 fully saturated rings. The zero-order valence-electron chi connectivity index (χ0n) is 12.5. The molecular formula is C14H26N2O3. The number of hydrogen-bond donors (Lipinski definition) is 0. The van der Waals surface area contributed by atoms with E-state index in [1.54, 1.807) is 0 Å². The second kappa shape index (κ2) is 7.48. The van der Waals surface area contributed by atoms with Crippen LogP contribution in [0, 0.1) is 5.92 Å². The minimum Gasteiger partial charge on any atom is -0.469 e. The SMILES string of the molecule is CCN(CC)C(=O)C(C)N1CCC[C@H](C(=O)OC)C1. The minimum atomic E-state index is -0.160. The summed E-state index contributed by atoms with van der Waals surface area (Å²) >= 11 is 0. The Morgan fingerprint density at radius 2 is 2.00 bits per heavy atom. The number of rotatable bonds is 5. The molecule has 0 aromatic carbocycles. The highest BCUT2D eigenvalue weighted by atomic mass is 16.5. The maximum absolute atomic E-state index is 12.3. The predicted octanol–water partition coefficient (Wildman–Crippen LogP) is 1.13. The Balaban J connectivity index is 2.63. The number of ether oxygens (including phenoxy) is 1. The molecule has 0 aliphatic carbocycles. The van der Waals surface area contributed by atoms with Crippen LogP contribution in [0.15, 0.2) is 0 Å². The molecule has 0 radical (unpaired) electrons. The van der Waals surface area contributed by atoms with Crippen molar-refractivity contribution in [3.63, 3.8) is 0 Å². The lowest BCUT2D eigenvalue weighted by molar-refractivity contribution is -0.149. The Morgan fingerprint density at radius 1 is 1.37 bits per heavy atom. The summed E-state index contributed by atoms with van der Waals surface area (Å²) in [5, 5.41) is 0. The highest BCUT2D eigenvalue weighted by Gasteiger charge is 2.32. The Bertz CT molecular complexity index is 316. The van der Waals surface area contributed by atoms with Gasteiger partial charge in [-0.25, -0.2) is 0 Å². The van der Waals surface area contributed by atoms with E-state index in [9.17, 15) is 9.59 Å². The molecule has 5 nitrogen and oxygen atoms in total. The fourth-order valence-corrected chi connectivity index (χ4v) is 2.67. The van der Waals surface area contributed by atoms with Crippen LogP contribution in [-0.4, -0.2) is 61.0 Å². The number of carbonyl (C=O) groups is 2. The third-order valence-corrected chi connectivity index (χ3v) is 3.97. The molecule has 0 N–H and O–H groups in total. The lowest BCUT2D eigenvalue weighted by Crippen LogP contribution is -2.51. The molecule has 1 aliphatic heterocycles. The fourth-order valence-electron chi connectivity index (χ4n) is 2.67. The van der Waals surface area contributed by atoms with E-state index in [-0.39, 0.29) is 23.8 Å². The number of carbonyl (C=O) groups excluding carboxylic acids is 2. The zero-order valence-corrected chi connectivity index (χ0v) is 12.5. The van der Waals surface area contributed by atoms with Gasteiger partial charge in [0.2, 0.25) is 5.91 Å². The molecule has 1 aliphatic rings. The molecule has 1 heterocycles. The van der Waals surface area contributed by atoms with E-state index in [4.69, 9.17) is 4.74 Å². The minimum absolute atomic E-state index is 0.0919. The van der Waals surface area contributed by atoms with Crippen LogP contribution in [0.1, 0.15) is 33.6 Å². The van der Waals surface area contributed by atoms with E-state index in [2.05, 4.69) is 4.90 Å². The van der Waals surface area contributed by atoms with Crippen LogP contribution in [-0.2, 0) is 14.3 Å². The molecule has 1 rings (SSSR count). The Hall–Kier alpha value is -1.10. The molecule has 1 unspecified atom stereocenters. The van der Waals surface area contributed by atoms with Crippen LogP contribution < -0.4 is 0 Å². The van der Waals surface area contributed by atoms with Crippen molar-refractivity contribution in [1.82, 2.24) is 9.80 Å². The number of esters is 1. The number of methoxy groups -OCH3 is 1. The number of likely N-dealkylation sites (N-methyl/N-ethyl adjacent to an activating group) is 1. The predicted molar refractivity (Wildman–Crippen MR) is 73.7 cm³/mol. The van der Waals surface area contributed by atoms with Gasteiger partial charge in [0.05, 0.1) is 19.1 Å². The van der Waals surface area contributed by atoms with Crippen molar-refractivity contribution in [3.05, 3.63) is 0 Å².